The molecule has 1 aromatic heterocycles. The number of ether oxygens (including phenoxy) is 1. The summed E-state index contributed by atoms with van der Waals surface area (Å²) in [6.07, 6.45) is 2.96. The molecule has 0 radical (unpaired) electrons. The minimum Gasteiger partial charge on any atom is -0.423 e. The van der Waals surface area contributed by atoms with Crippen LogP contribution in [0.4, 0.5) is 0 Å². The van der Waals surface area contributed by atoms with Gasteiger partial charge in [0.15, 0.2) is 11.6 Å². The van der Waals surface area contributed by atoms with Crippen LogP contribution in [0.5, 0.6) is 5.75 Å². The molecule has 34 heavy (non-hydrogen) atoms. The molecule has 3 aromatic carbocycles. The van der Waals surface area contributed by atoms with Crippen molar-refractivity contribution in [1.82, 2.24) is 4.57 Å². The SMILES string of the molecule is CC(=O)c1cc2c(cc1OC(=O)/C=C/c1ccccc1)c(C(C)=O)c(C)n2-c1ccc(C)cc1. The number of Topliss-reactive ketones (excluding diaryl/α,β-unsaturated/α-hetero) is 2. The lowest BCUT2D eigenvalue weighted by Gasteiger charge is -2.11. The third-order valence-electron chi connectivity index (χ3n) is 5.75. The maximum atomic E-state index is 12.6. The van der Waals surface area contributed by atoms with Gasteiger partial charge >= 0.3 is 5.97 Å². The lowest BCUT2D eigenvalue weighted by molar-refractivity contribution is -0.128. The van der Waals surface area contributed by atoms with Gasteiger partial charge < -0.3 is 9.30 Å². The lowest BCUT2D eigenvalue weighted by atomic mass is 10.0. The van der Waals surface area contributed by atoms with E-state index in [-0.39, 0.29) is 22.9 Å². The Morgan fingerprint density at radius 1 is 0.853 bits per heavy atom. The van der Waals surface area contributed by atoms with Crippen LogP contribution < -0.4 is 4.74 Å². The minimum atomic E-state index is -0.607. The van der Waals surface area contributed by atoms with Crippen molar-refractivity contribution >= 4 is 34.5 Å². The van der Waals surface area contributed by atoms with Gasteiger partial charge in [0.25, 0.3) is 0 Å². The normalized spacial score (nSPS) is 11.2. The second-order valence-electron chi connectivity index (χ2n) is 8.27. The molecule has 0 fully saturated rings. The van der Waals surface area contributed by atoms with Crippen LogP contribution in [0.3, 0.4) is 0 Å². The fourth-order valence-electron chi connectivity index (χ4n) is 4.14. The van der Waals surface area contributed by atoms with E-state index >= 15 is 0 Å². The number of carbonyl (C=O) groups is 3. The third kappa shape index (κ3) is 4.46. The van der Waals surface area contributed by atoms with E-state index < -0.39 is 5.97 Å². The van der Waals surface area contributed by atoms with Gasteiger partial charge in [-0.25, -0.2) is 4.79 Å². The Labute approximate surface area is 198 Å². The summed E-state index contributed by atoms with van der Waals surface area (Å²) in [6.45, 7) is 6.81. The molecular weight excluding hydrogens is 426 g/mol. The predicted molar refractivity (Wildman–Crippen MR) is 134 cm³/mol. The average Bonchev–Trinajstić information content (AvgIpc) is 3.09. The topological polar surface area (TPSA) is 65.4 Å². The highest BCUT2D eigenvalue weighted by atomic mass is 16.5. The van der Waals surface area contributed by atoms with Gasteiger partial charge in [-0.3, -0.25) is 9.59 Å². The molecular formula is C29H25NO4. The monoisotopic (exact) mass is 451 g/mol. The smallest absolute Gasteiger partial charge is 0.336 e. The number of nitrogens with zero attached hydrogens (tertiary/aromatic N) is 1. The van der Waals surface area contributed by atoms with Crippen LogP contribution in [0.15, 0.2) is 72.8 Å². The molecule has 0 bridgehead atoms. The highest BCUT2D eigenvalue weighted by molar-refractivity contribution is 6.11. The van der Waals surface area contributed by atoms with Crippen molar-refractivity contribution < 1.29 is 19.1 Å². The summed E-state index contributed by atoms with van der Waals surface area (Å²) in [5, 5.41) is 0.630. The van der Waals surface area contributed by atoms with Gasteiger partial charge in [0.05, 0.1) is 11.1 Å². The highest BCUT2D eigenvalue weighted by Gasteiger charge is 2.23. The summed E-state index contributed by atoms with van der Waals surface area (Å²) in [6, 6.07) is 20.6. The summed E-state index contributed by atoms with van der Waals surface area (Å²) < 4.78 is 7.53. The number of benzene rings is 3. The van der Waals surface area contributed by atoms with E-state index in [2.05, 4.69) is 0 Å². The second kappa shape index (κ2) is 9.32. The first-order valence-corrected chi connectivity index (χ1v) is 11.0. The van der Waals surface area contributed by atoms with Gasteiger partial charge in [0.1, 0.15) is 5.75 Å². The van der Waals surface area contributed by atoms with E-state index in [1.807, 2.05) is 73.0 Å². The van der Waals surface area contributed by atoms with E-state index in [1.165, 1.54) is 19.9 Å². The van der Waals surface area contributed by atoms with Gasteiger partial charge in [-0.1, -0.05) is 48.0 Å². The average molecular weight is 452 g/mol. The standard InChI is InChI=1S/C29H25NO4/c1-18-10-13-23(14-11-18)30-19(2)29(21(4)32)25-17-27(24(20(3)31)16-26(25)30)34-28(33)15-12-22-8-6-5-7-9-22/h5-17H,1-4H3/b15-12+. The molecule has 0 saturated carbocycles. The number of hydrogen-bond acceptors (Lipinski definition) is 4. The zero-order valence-electron chi connectivity index (χ0n) is 19.6. The third-order valence-corrected chi connectivity index (χ3v) is 5.75. The fourth-order valence-corrected chi connectivity index (χ4v) is 4.14. The summed E-state index contributed by atoms with van der Waals surface area (Å²) in [5.74, 6) is -0.823. The maximum Gasteiger partial charge on any atom is 0.336 e. The molecule has 0 aliphatic rings. The van der Waals surface area contributed by atoms with Gasteiger partial charge in [0.2, 0.25) is 0 Å². The molecule has 5 heteroatoms. The molecule has 0 amide bonds. The predicted octanol–water partition coefficient (Wildman–Crippen LogP) is 6.27. The van der Waals surface area contributed by atoms with E-state index in [0.717, 1.165) is 22.5 Å². The number of carbonyl (C=O) groups excluding carboxylic acids is 3. The van der Waals surface area contributed by atoms with Crippen molar-refractivity contribution in [1.29, 1.82) is 0 Å². The van der Waals surface area contributed by atoms with Crippen LogP contribution in [0, 0.1) is 13.8 Å². The second-order valence-corrected chi connectivity index (χ2v) is 8.27. The molecule has 170 valence electrons. The molecule has 0 spiro atoms. The Kier molecular flexibility index (Phi) is 6.28. The van der Waals surface area contributed by atoms with E-state index in [9.17, 15) is 14.4 Å². The minimum absolute atomic E-state index is 0.106. The summed E-state index contributed by atoms with van der Waals surface area (Å²) in [4.78, 5) is 37.6. The number of ketones is 2. The molecule has 4 aromatic rings. The number of fused-ring (bicyclic) bond motifs is 1. The number of hydrogen-bond donors (Lipinski definition) is 0. The van der Waals surface area contributed by atoms with Crippen LogP contribution in [0.25, 0.3) is 22.7 Å². The quantitative estimate of drug-likeness (QED) is 0.150. The van der Waals surface area contributed by atoms with Crippen molar-refractivity contribution in [2.45, 2.75) is 27.7 Å². The molecule has 5 nitrogen and oxygen atoms in total. The van der Waals surface area contributed by atoms with Crippen LogP contribution in [0.2, 0.25) is 0 Å². The van der Waals surface area contributed by atoms with Gasteiger partial charge in [0, 0.05) is 28.4 Å². The summed E-state index contributed by atoms with van der Waals surface area (Å²) in [5.41, 5.74) is 5.12. The van der Waals surface area contributed by atoms with Crippen molar-refractivity contribution in [3.05, 3.63) is 101 Å². The first-order valence-electron chi connectivity index (χ1n) is 11.0. The Morgan fingerprint density at radius 3 is 2.15 bits per heavy atom. The molecule has 0 aliphatic heterocycles. The lowest BCUT2D eigenvalue weighted by Crippen LogP contribution is -2.08. The largest absolute Gasteiger partial charge is 0.423 e. The van der Waals surface area contributed by atoms with Gasteiger partial charge in [-0.15, -0.1) is 0 Å². The Balaban J connectivity index is 1.84. The van der Waals surface area contributed by atoms with E-state index in [4.69, 9.17) is 4.74 Å². The van der Waals surface area contributed by atoms with Gasteiger partial charge in [-0.05, 0) is 63.6 Å². The van der Waals surface area contributed by atoms with Crippen LogP contribution in [-0.2, 0) is 4.79 Å². The van der Waals surface area contributed by atoms with Crippen LogP contribution in [-0.4, -0.2) is 22.1 Å². The van der Waals surface area contributed by atoms with Crippen LogP contribution in [0.1, 0.15) is 51.4 Å². The summed E-state index contributed by atoms with van der Waals surface area (Å²) >= 11 is 0. The molecule has 0 aliphatic carbocycles. The fraction of sp³-hybridized carbons (Fsp3) is 0.138. The van der Waals surface area contributed by atoms with Crippen molar-refractivity contribution in [3.8, 4) is 11.4 Å². The molecule has 0 N–H and O–H groups in total. The highest BCUT2D eigenvalue weighted by Crippen LogP contribution is 2.35. The number of aryl methyl sites for hydroxylation is 1. The maximum absolute atomic E-state index is 12.6. The van der Waals surface area contributed by atoms with E-state index in [0.29, 0.717) is 16.5 Å². The molecule has 1 heterocycles. The van der Waals surface area contributed by atoms with Crippen molar-refractivity contribution in [2.75, 3.05) is 0 Å². The Morgan fingerprint density at radius 2 is 1.53 bits per heavy atom. The Hall–Kier alpha value is -4.25. The number of rotatable bonds is 6. The zero-order chi connectivity index (χ0) is 24.4. The zero-order valence-corrected chi connectivity index (χ0v) is 19.6. The van der Waals surface area contributed by atoms with Crippen molar-refractivity contribution in [3.63, 3.8) is 0 Å². The van der Waals surface area contributed by atoms with Crippen molar-refractivity contribution in [2.24, 2.45) is 0 Å². The first kappa shape index (κ1) is 22.9. The Bertz CT molecular complexity index is 1440. The number of esters is 1. The molecule has 4 rings (SSSR count). The molecule has 0 unspecified atom stereocenters. The number of aromatic nitrogens is 1. The van der Waals surface area contributed by atoms with Crippen LogP contribution >= 0.6 is 0 Å². The molecule has 0 saturated heterocycles. The molecule has 0 atom stereocenters. The van der Waals surface area contributed by atoms with Gasteiger partial charge in [-0.2, -0.15) is 0 Å². The summed E-state index contributed by atoms with van der Waals surface area (Å²) in [7, 11) is 0. The van der Waals surface area contributed by atoms with E-state index in [1.54, 1.807) is 18.2 Å². The first-order chi connectivity index (χ1) is 16.3.